The number of ketones is 1. The van der Waals surface area contributed by atoms with E-state index < -0.39 is 5.63 Å². The van der Waals surface area contributed by atoms with Crippen molar-refractivity contribution in [1.29, 1.82) is 0 Å². The molecule has 3 aromatic rings. The topological polar surface area (TPSA) is 47.3 Å². The van der Waals surface area contributed by atoms with Crippen molar-refractivity contribution in [2.24, 2.45) is 0 Å². The van der Waals surface area contributed by atoms with Gasteiger partial charge in [-0.15, -0.1) is 0 Å². The highest BCUT2D eigenvalue weighted by atomic mass is 16.4. The lowest BCUT2D eigenvalue weighted by Crippen LogP contribution is -2.07. The highest BCUT2D eigenvalue weighted by molar-refractivity contribution is 6.15. The first kappa shape index (κ1) is 11.4. The highest BCUT2D eigenvalue weighted by Gasteiger charge is 2.14. The summed E-state index contributed by atoms with van der Waals surface area (Å²) in [6, 6.07) is 17.2. The van der Waals surface area contributed by atoms with Gasteiger partial charge >= 0.3 is 5.63 Å². The van der Waals surface area contributed by atoms with Crippen molar-refractivity contribution in [3.05, 3.63) is 82.2 Å². The van der Waals surface area contributed by atoms with E-state index in [2.05, 4.69) is 0 Å². The van der Waals surface area contributed by atoms with Crippen LogP contribution < -0.4 is 5.63 Å². The van der Waals surface area contributed by atoms with E-state index in [0.29, 0.717) is 22.1 Å². The van der Waals surface area contributed by atoms with Crippen LogP contribution in [0.2, 0.25) is 0 Å². The Kier molecular flexibility index (Phi) is 2.72. The summed E-state index contributed by atoms with van der Waals surface area (Å²) in [5.41, 5.74) is 0.837. The third-order valence-electron chi connectivity index (χ3n) is 2.93. The molecule has 3 heteroatoms. The standard InChI is InChI=1S/C16H10O3/c17-15-10-13(12-8-4-5-9-14(12)19-15)16(18)11-6-2-1-3-7-11/h1-10H. The average molecular weight is 250 g/mol. The zero-order valence-electron chi connectivity index (χ0n) is 10.00. The van der Waals surface area contributed by atoms with Gasteiger partial charge in [-0.05, 0) is 6.07 Å². The van der Waals surface area contributed by atoms with E-state index in [1.807, 2.05) is 12.1 Å². The molecule has 0 saturated heterocycles. The van der Waals surface area contributed by atoms with Gasteiger partial charge in [0.2, 0.25) is 0 Å². The molecule has 1 heterocycles. The number of hydrogen-bond donors (Lipinski definition) is 0. The highest BCUT2D eigenvalue weighted by Crippen LogP contribution is 2.19. The van der Waals surface area contributed by atoms with Crippen LogP contribution in [0, 0.1) is 0 Å². The summed E-state index contributed by atoms with van der Waals surface area (Å²) in [4.78, 5) is 24.0. The molecular formula is C16H10O3. The molecule has 0 unspecified atom stereocenters. The SMILES string of the molecule is O=C(c1ccccc1)c1cc(=O)oc2ccccc12. The number of benzene rings is 2. The van der Waals surface area contributed by atoms with Gasteiger partial charge in [-0.1, -0.05) is 48.5 Å². The van der Waals surface area contributed by atoms with E-state index in [9.17, 15) is 9.59 Å². The van der Waals surface area contributed by atoms with Gasteiger partial charge in [-0.3, -0.25) is 4.79 Å². The Hall–Kier alpha value is -2.68. The maximum Gasteiger partial charge on any atom is 0.336 e. The summed E-state index contributed by atoms with van der Waals surface area (Å²) in [5, 5.41) is 0.649. The Morgan fingerprint density at radius 3 is 2.37 bits per heavy atom. The number of fused-ring (bicyclic) bond motifs is 1. The molecular weight excluding hydrogens is 240 g/mol. The van der Waals surface area contributed by atoms with Crippen LogP contribution in [0.5, 0.6) is 0 Å². The maximum absolute atomic E-state index is 12.4. The quantitative estimate of drug-likeness (QED) is 0.519. The summed E-state index contributed by atoms with van der Waals surface area (Å²) in [7, 11) is 0. The van der Waals surface area contributed by atoms with Gasteiger partial charge in [-0.2, -0.15) is 0 Å². The molecule has 2 aromatic carbocycles. The van der Waals surface area contributed by atoms with Crippen molar-refractivity contribution < 1.29 is 9.21 Å². The van der Waals surface area contributed by atoms with Gasteiger partial charge in [0.1, 0.15) is 5.58 Å². The largest absolute Gasteiger partial charge is 0.423 e. The van der Waals surface area contributed by atoms with Crippen LogP contribution in [0.4, 0.5) is 0 Å². The van der Waals surface area contributed by atoms with Gasteiger partial charge in [-0.25, -0.2) is 4.79 Å². The number of carbonyl (C=O) groups is 1. The fraction of sp³-hybridized carbons (Fsp3) is 0. The number of hydrogen-bond acceptors (Lipinski definition) is 3. The predicted molar refractivity (Wildman–Crippen MR) is 72.4 cm³/mol. The second-order valence-electron chi connectivity index (χ2n) is 4.17. The van der Waals surface area contributed by atoms with Gasteiger partial charge in [0.15, 0.2) is 5.78 Å². The molecule has 3 nitrogen and oxygen atoms in total. The van der Waals surface area contributed by atoms with Gasteiger partial charge in [0, 0.05) is 22.6 Å². The molecule has 0 bridgehead atoms. The maximum atomic E-state index is 12.4. The number of para-hydroxylation sites is 1. The number of carbonyl (C=O) groups excluding carboxylic acids is 1. The molecule has 0 atom stereocenters. The Labute approximate surface area is 109 Å². The minimum absolute atomic E-state index is 0.176. The zero-order chi connectivity index (χ0) is 13.2. The lowest BCUT2D eigenvalue weighted by Gasteiger charge is -2.04. The molecule has 0 fully saturated rings. The lowest BCUT2D eigenvalue weighted by atomic mass is 10.0. The first-order chi connectivity index (χ1) is 9.25. The summed E-state index contributed by atoms with van der Waals surface area (Å²) in [5.74, 6) is -0.176. The third kappa shape index (κ3) is 2.06. The van der Waals surface area contributed by atoms with Crippen LogP contribution in [0.1, 0.15) is 15.9 Å². The second kappa shape index (κ2) is 4.53. The van der Waals surface area contributed by atoms with Crippen LogP contribution in [0.15, 0.2) is 69.9 Å². The monoisotopic (exact) mass is 250 g/mol. The molecule has 0 amide bonds. The molecule has 19 heavy (non-hydrogen) atoms. The summed E-state index contributed by atoms with van der Waals surface area (Å²) >= 11 is 0. The van der Waals surface area contributed by atoms with E-state index in [4.69, 9.17) is 4.42 Å². The molecule has 0 radical (unpaired) electrons. The normalized spacial score (nSPS) is 10.5. The Morgan fingerprint density at radius 1 is 0.895 bits per heavy atom. The van der Waals surface area contributed by atoms with E-state index >= 15 is 0 Å². The number of rotatable bonds is 2. The summed E-state index contributed by atoms with van der Waals surface area (Å²) < 4.78 is 5.08. The fourth-order valence-electron chi connectivity index (χ4n) is 2.04. The molecule has 0 aliphatic rings. The zero-order valence-corrected chi connectivity index (χ0v) is 10.00. The minimum Gasteiger partial charge on any atom is -0.423 e. The predicted octanol–water partition coefficient (Wildman–Crippen LogP) is 3.02. The molecule has 1 aromatic heterocycles. The van der Waals surface area contributed by atoms with Gasteiger partial charge < -0.3 is 4.42 Å². The first-order valence-electron chi connectivity index (χ1n) is 5.88. The molecule has 0 spiro atoms. The van der Waals surface area contributed by atoms with Gasteiger partial charge in [0.05, 0.1) is 0 Å². The van der Waals surface area contributed by atoms with Crippen LogP contribution in [-0.2, 0) is 0 Å². The van der Waals surface area contributed by atoms with E-state index in [1.54, 1.807) is 42.5 Å². The molecule has 0 aliphatic heterocycles. The Morgan fingerprint density at radius 2 is 1.58 bits per heavy atom. The van der Waals surface area contributed by atoms with Crippen molar-refractivity contribution in [1.82, 2.24) is 0 Å². The first-order valence-corrected chi connectivity index (χ1v) is 5.88. The Balaban J connectivity index is 2.26. The molecule has 0 aliphatic carbocycles. The summed E-state index contributed by atoms with van der Waals surface area (Å²) in [6.45, 7) is 0. The van der Waals surface area contributed by atoms with Gasteiger partial charge in [0.25, 0.3) is 0 Å². The van der Waals surface area contributed by atoms with Crippen molar-refractivity contribution in [2.45, 2.75) is 0 Å². The van der Waals surface area contributed by atoms with Crippen molar-refractivity contribution in [3.63, 3.8) is 0 Å². The molecule has 0 saturated carbocycles. The second-order valence-corrected chi connectivity index (χ2v) is 4.17. The van der Waals surface area contributed by atoms with Crippen LogP contribution >= 0.6 is 0 Å². The summed E-state index contributed by atoms with van der Waals surface area (Å²) in [6.07, 6.45) is 0. The van der Waals surface area contributed by atoms with Crippen LogP contribution in [-0.4, -0.2) is 5.78 Å². The average Bonchev–Trinajstić information content (AvgIpc) is 2.46. The Bertz CT molecular complexity index is 801. The molecule has 92 valence electrons. The van der Waals surface area contributed by atoms with Crippen LogP contribution in [0.3, 0.4) is 0 Å². The lowest BCUT2D eigenvalue weighted by molar-refractivity contribution is 0.103. The van der Waals surface area contributed by atoms with E-state index in [0.717, 1.165) is 0 Å². The third-order valence-corrected chi connectivity index (χ3v) is 2.93. The fourth-order valence-corrected chi connectivity index (χ4v) is 2.04. The minimum atomic E-state index is -0.516. The van der Waals surface area contributed by atoms with Crippen molar-refractivity contribution in [3.8, 4) is 0 Å². The molecule has 0 N–H and O–H groups in total. The molecule has 3 rings (SSSR count). The smallest absolute Gasteiger partial charge is 0.336 e. The van der Waals surface area contributed by atoms with E-state index in [1.165, 1.54) is 6.07 Å². The van der Waals surface area contributed by atoms with Crippen molar-refractivity contribution >= 4 is 16.8 Å². The van der Waals surface area contributed by atoms with E-state index in [-0.39, 0.29) is 5.78 Å². The van der Waals surface area contributed by atoms with Crippen LogP contribution in [0.25, 0.3) is 11.0 Å². The van der Waals surface area contributed by atoms with Crippen molar-refractivity contribution in [2.75, 3.05) is 0 Å².